The first-order valence-electron chi connectivity index (χ1n) is 3.87. The fourth-order valence-corrected chi connectivity index (χ4v) is 0.844. The van der Waals surface area contributed by atoms with Gasteiger partial charge in [-0.25, -0.2) is 0 Å². The summed E-state index contributed by atoms with van der Waals surface area (Å²) in [4.78, 5) is 4.09. The normalized spacial score (nSPS) is 9.38. The summed E-state index contributed by atoms with van der Waals surface area (Å²) >= 11 is 0. The van der Waals surface area contributed by atoms with Gasteiger partial charge in [0.25, 0.3) is 0 Å². The van der Waals surface area contributed by atoms with Gasteiger partial charge < -0.3 is 0 Å². The van der Waals surface area contributed by atoms with Crippen molar-refractivity contribution in [2.24, 2.45) is 5.10 Å². The Hall–Kier alpha value is -1.71. The molecular weight excluding hydrogens is 164 g/mol. The third-order valence-corrected chi connectivity index (χ3v) is 1.69. The first-order valence-corrected chi connectivity index (χ1v) is 3.87. The molecule has 0 spiro atoms. The summed E-state index contributed by atoms with van der Waals surface area (Å²) in [5.41, 5.74) is 1.67. The van der Waals surface area contributed by atoms with E-state index in [0.29, 0.717) is 5.69 Å². The molecule has 0 saturated carbocycles. The SMILES string of the molecule is C=NN(C)C(=N)c1ccc(C)cn1. The monoisotopic (exact) mass is 176 g/mol. The van der Waals surface area contributed by atoms with Crippen LogP contribution in [0.3, 0.4) is 0 Å². The van der Waals surface area contributed by atoms with Gasteiger partial charge in [0.05, 0.1) is 0 Å². The van der Waals surface area contributed by atoms with Crippen LogP contribution in [0.4, 0.5) is 0 Å². The molecule has 0 saturated heterocycles. The molecule has 1 aromatic heterocycles. The fourth-order valence-electron chi connectivity index (χ4n) is 0.844. The Kier molecular flexibility index (Phi) is 2.74. The largest absolute Gasteiger partial charge is 0.281 e. The highest BCUT2D eigenvalue weighted by Gasteiger charge is 2.05. The third kappa shape index (κ3) is 2.11. The minimum atomic E-state index is 0.245. The number of hydrazone groups is 1. The summed E-state index contributed by atoms with van der Waals surface area (Å²) in [6.07, 6.45) is 1.72. The number of hydrogen-bond donors (Lipinski definition) is 1. The zero-order chi connectivity index (χ0) is 9.84. The van der Waals surface area contributed by atoms with Crippen LogP contribution in [0.25, 0.3) is 0 Å². The van der Waals surface area contributed by atoms with E-state index in [1.807, 2.05) is 13.0 Å². The molecule has 0 aliphatic rings. The van der Waals surface area contributed by atoms with Crippen molar-refractivity contribution in [3.63, 3.8) is 0 Å². The number of nitrogens with one attached hydrogen (secondary N) is 1. The van der Waals surface area contributed by atoms with E-state index < -0.39 is 0 Å². The lowest BCUT2D eigenvalue weighted by atomic mass is 10.2. The molecule has 1 heterocycles. The molecular formula is C9H12N4. The first-order chi connectivity index (χ1) is 6.15. The minimum Gasteiger partial charge on any atom is -0.281 e. The number of aryl methyl sites for hydroxylation is 1. The fraction of sp³-hybridized carbons (Fsp3) is 0.222. The van der Waals surface area contributed by atoms with E-state index in [1.165, 1.54) is 5.01 Å². The lowest BCUT2D eigenvalue weighted by molar-refractivity contribution is 0.545. The highest BCUT2D eigenvalue weighted by molar-refractivity contribution is 5.94. The van der Waals surface area contributed by atoms with Crippen molar-refractivity contribution in [1.29, 1.82) is 5.41 Å². The molecule has 68 valence electrons. The summed E-state index contributed by atoms with van der Waals surface area (Å²) in [7, 11) is 1.66. The van der Waals surface area contributed by atoms with E-state index >= 15 is 0 Å². The summed E-state index contributed by atoms with van der Waals surface area (Å²) in [5.74, 6) is 0.245. The van der Waals surface area contributed by atoms with E-state index in [-0.39, 0.29) is 5.84 Å². The molecule has 0 atom stereocenters. The molecule has 4 heteroatoms. The molecule has 13 heavy (non-hydrogen) atoms. The molecule has 0 aromatic carbocycles. The predicted octanol–water partition coefficient (Wildman–Crippen LogP) is 1.26. The van der Waals surface area contributed by atoms with Crippen LogP contribution in [0.2, 0.25) is 0 Å². The molecule has 0 radical (unpaired) electrons. The number of pyridine rings is 1. The smallest absolute Gasteiger partial charge is 0.167 e. The Labute approximate surface area is 77.4 Å². The summed E-state index contributed by atoms with van der Waals surface area (Å²) < 4.78 is 0. The molecule has 0 fully saturated rings. The van der Waals surface area contributed by atoms with Crippen molar-refractivity contribution in [2.45, 2.75) is 6.92 Å². The van der Waals surface area contributed by atoms with Crippen LogP contribution in [-0.2, 0) is 0 Å². The van der Waals surface area contributed by atoms with Gasteiger partial charge in [-0.05, 0) is 18.6 Å². The van der Waals surface area contributed by atoms with Crippen molar-refractivity contribution in [3.8, 4) is 0 Å². The van der Waals surface area contributed by atoms with Gasteiger partial charge >= 0.3 is 0 Å². The van der Waals surface area contributed by atoms with Gasteiger partial charge in [-0.15, -0.1) is 0 Å². The molecule has 0 amide bonds. The van der Waals surface area contributed by atoms with E-state index in [0.717, 1.165) is 5.56 Å². The van der Waals surface area contributed by atoms with Crippen molar-refractivity contribution in [1.82, 2.24) is 9.99 Å². The Morgan fingerprint density at radius 1 is 1.62 bits per heavy atom. The van der Waals surface area contributed by atoms with E-state index in [9.17, 15) is 0 Å². The number of aromatic nitrogens is 1. The quantitative estimate of drug-likeness (QED) is 0.419. The average Bonchev–Trinajstić information content (AvgIpc) is 2.17. The van der Waals surface area contributed by atoms with Crippen LogP contribution in [0.1, 0.15) is 11.3 Å². The number of hydrogen-bond acceptors (Lipinski definition) is 3. The lowest BCUT2D eigenvalue weighted by Crippen LogP contribution is -2.21. The second-order valence-electron chi connectivity index (χ2n) is 2.73. The third-order valence-electron chi connectivity index (χ3n) is 1.69. The Morgan fingerprint density at radius 3 is 2.77 bits per heavy atom. The zero-order valence-corrected chi connectivity index (χ0v) is 7.78. The second kappa shape index (κ2) is 3.80. The Balaban J connectivity index is 2.89. The second-order valence-corrected chi connectivity index (χ2v) is 2.73. The predicted molar refractivity (Wildman–Crippen MR) is 53.1 cm³/mol. The van der Waals surface area contributed by atoms with Crippen molar-refractivity contribution in [2.75, 3.05) is 7.05 Å². The summed E-state index contributed by atoms with van der Waals surface area (Å²) in [6.45, 7) is 5.29. The van der Waals surface area contributed by atoms with Crippen LogP contribution in [0, 0.1) is 12.3 Å². The standard InChI is InChI=1S/C9H12N4/c1-7-4-5-8(12-6-7)9(10)13(3)11-2/h4-6,10H,2H2,1,3H3. The highest BCUT2D eigenvalue weighted by Crippen LogP contribution is 2.01. The van der Waals surface area contributed by atoms with Crippen LogP contribution in [-0.4, -0.2) is 29.6 Å². The molecule has 4 nitrogen and oxygen atoms in total. The van der Waals surface area contributed by atoms with Crippen LogP contribution in [0.5, 0.6) is 0 Å². The van der Waals surface area contributed by atoms with Crippen molar-refractivity contribution < 1.29 is 0 Å². The van der Waals surface area contributed by atoms with Crippen LogP contribution < -0.4 is 0 Å². The molecule has 1 N–H and O–H groups in total. The van der Waals surface area contributed by atoms with Gasteiger partial charge in [-0.1, -0.05) is 6.07 Å². The average molecular weight is 176 g/mol. The van der Waals surface area contributed by atoms with Gasteiger partial charge in [0.2, 0.25) is 0 Å². The van der Waals surface area contributed by atoms with Crippen molar-refractivity contribution >= 4 is 12.6 Å². The van der Waals surface area contributed by atoms with Crippen molar-refractivity contribution in [3.05, 3.63) is 29.6 Å². The van der Waals surface area contributed by atoms with E-state index in [1.54, 1.807) is 19.3 Å². The van der Waals surface area contributed by atoms with E-state index in [4.69, 9.17) is 5.41 Å². The lowest BCUT2D eigenvalue weighted by Gasteiger charge is -2.11. The zero-order valence-electron chi connectivity index (χ0n) is 7.78. The summed E-state index contributed by atoms with van der Waals surface area (Å²) in [5, 5.41) is 12.6. The van der Waals surface area contributed by atoms with Gasteiger partial charge in [0.1, 0.15) is 5.69 Å². The Bertz CT molecular complexity index is 315. The van der Waals surface area contributed by atoms with Gasteiger partial charge in [-0.2, -0.15) is 5.10 Å². The van der Waals surface area contributed by atoms with Crippen LogP contribution in [0.15, 0.2) is 23.4 Å². The van der Waals surface area contributed by atoms with Gasteiger partial charge in [0, 0.05) is 20.0 Å². The maximum absolute atomic E-state index is 7.64. The Morgan fingerprint density at radius 2 is 2.31 bits per heavy atom. The number of rotatable bonds is 2. The maximum Gasteiger partial charge on any atom is 0.167 e. The molecule has 1 rings (SSSR count). The maximum atomic E-state index is 7.64. The summed E-state index contributed by atoms with van der Waals surface area (Å²) in [6, 6.07) is 3.70. The molecule has 1 aromatic rings. The molecule has 0 aliphatic heterocycles. The van der Waals surface area contributed by atoms with E-state index in [2.05, 4.69) is 16.8 Å². The van der Waals surface area contributed by atoms with Gasteiger partial charge in [-0.3, -0.25) is 15.4 Å². The van der Waals surface area contributed by atoms with Crippen LogP contribution >= 0.6 is 0 Å². The first kappa shape index (κ1) is 9.38. The minimum absolute atomic E-state index is 0.245. The molecule has 0 bridgehead atoms. The topological polar surface area (TPSA) is 52.3 Å². The number of nitrogens with zero attached hydrogens (tertiary/aromatic N) is 3. The molecule has 0 aliphatic carbocycles. The van der Waals surface area contributed by atoms with Gasteiger partial charge in [0.15, 0.2) is 5.84 Å². The highest BCUT2D eigenvalue weighted by atomic mass is 15.4. The number of amidine groups is 1. The molecule has 0 unspecified atom stereocenters.